The molecule has 1 rings (SSSR count). The highest BCUT2D eigenvalue weighted by molar-refractivity contribution is 9.10. The van der Waals surface area contributed by atoms with Gasteiger partial charge >= 0.3 is 12.0 Å². The molecule has 0 bridgehead atoms. The van der Waals surface area contributed by atoms with Crippen molar-refractivity contribution in [3.05, 3.63) is 28.2 Å². The van der Waals surface area contributed by atoms with Gasteiger partial charge in [0, 0.05) is 6.07 Å². The number of anilines is 1. The Balaban J connectivity index is 2.92. The molecule has 116 valence electrons. The van der Waals surface area contributed by atoms with Gasteiger partial charge in [0.25, 0.3) is 0 Å². The number of aliphatic carboxylic acids is 1. The third kappa shape index (κ3) is 3.90. The topological polar surface area (TPSA) is 78.4 Å². The lowest BCUT2D eigenvalue weighted by Gasteiger charge is -2.28. The number of benzene rings is 1. The van der Waals surface area contributed by atoms with E-state index in [0.717, 1.165) is 12.1 Å². The van der Waals surface area contributed by atoms with Gasteiger partial charge in [-0.15, -0.1) is 0 Å². The van der Waals surface area contributed by atoms with E-state index < -0.39 is 29.2 Å². The van der Waals surface area contributed by atoms with Crippen molar-refractivity contribution in [3.8, 4) is 0 Å². The summed E-state index contributed by atoms with van der Waals surface area (Å²) in [4.78, 5) is 23.1. The summed E-state index contributed by atoms with van der Waals surface area (Å²) in [5.41, 5.74) is -1.83. The van der Waals surface area contributed by atoms with Crippen molar-refractivity contribution in [2.45, 2.75) is 32.2 Å². The molecule has 0 saturated heterocycles. The summed E-state index contributed by atoms with van der Waals surface area (Å²) in [5, 5.41) is 13.6. The smallest absolute Gasteiger partial charge is 0.329 e. The van der Waals surface area contributed by atoms with Crippen LogP contribution < -0.4 is 10.6 Å². The van der Waals surface area contributed by atoms with Crippen LogP contribution in [0.15, 0.2) is 16.6 Å². The highest BCUT2D eigenvalue weighted by atomic mass is 79.9. The third-order valence-corrected chi connectivity index (χ3v) is 3.84. The second kappa shape index (κ2) is 6.84. The first-order valence-corrected chi connectivity index (χ1v) is 7.02. The molecule has 5 nitrogen and oxygen atoms in total. The Labute approximate surface area is 128 Å². The lowest BCUT2D eigenvalue weighted by molar-refractivity contribution is -0.144. The number of carbonyl (C=O) groups excluding carboxylic acids is 1. The Hall–Kier alpha value is -1.70. The third-order valence-electron chi connectivity index (χ3n) is 3.23. The van der Waals surface area contributed by atoms with Crippen LogP contribution in [0.3, 0.4) is 0 Å². The molecule has 2 amide bonds. The van der Waals surface area contributed by atoms with E-state index in [0.29, 0.717) is 0 Å². The molecule has 0 aliphatic rings. The van der Waals surface area contributed by atoms with Crippen LogP contribution in [0.1, 0.15) is 26.7 Å². The fourth-order valence-electron chi connectivity index (χ4n) is 1.77. The summed E-state index contributed by atoms with van der Waals surface area (Å²) >= 11 is 2.82. The van der Waals surface area contributed by atoms with Gasteiger partial charge in [-0.2, -0.15) is 0 Å². The van der Waals surface area contributed by atoms with E-state index in [-0.39, 0.29) is 23.0 Å². The van der Waals surface area contributed by atoms with E-state index in [2.05, 4.69) is 26.6 Å². The van der Waals surface area contributed by atoms with Crippen molar-refractivity contribution >= 4 is 33.6 Å². The maximum atomic E-state index is 13.6. The lowest BCUT2D eigenvalue weighted by Crippen LogP contribution is -2.55. The number of hydrogen-bond acceptors (Lipinski definition) is 2. The zero-order valence-electron chi connectivity index (χ0n) is 11.5. The summed E-state index contributed by atoms with van der Waals surface area (Å²) in [6.07, 6.45) is 0.312. The number of hydrogen-bond donors (Lipinski definition) is 3. The molecule has 0 radical (unpaired) electrons. The number of carboxylic acids is 1. The average Bonchev–Trinajstić information content (AvgIpc) is 2.42. The van der Waals surface area contributed by atoms with Gasteiger partial charge in [0.2, 0.25) is 0 Å². The monoisotopic (exact) mass is 364 g/mol. The Kier molecular flexibility index (Phi) is 5.65. The molecule has 0 spiro atoms. The van der Waals surface area contributed by atoms with E-state index in [1.807, 2.05) is 0 Å². The number of carboxylic acid groups (broad SMARTS) is 1. The van der Waals surface area contributed by atoms with Crippen LogP contribution in [-0.4, -0.2) is 22.6 Å². The van der Waals surface area contributed by atoms with Crippen molar-refractivity contribution in [2.24, 2.45) is 0 Å². The van der Waals surface area contributed by atoms with Crippen molar-refractivity contribution in [1.29, 1.82) is 0 Å². The van der Waals surface area contributed by atoms with E-state index in [1.54, 1.807) is 13.8 Å². The molecule has 0 saturated carbocycles. The quantitative estimate of drug-likeness (QED) is 0.699. The van der Waals surface area contributed by atoms with Crippen molar-refractivity contribution in [3.63, 3.8) is 0 Å². The average molecular weight is 365 g/mol. The first-order valence-electron chi connectivity index (χ1n) is 6.22. The normalized spacial score (nSPS) is 11.1. The highest BCUT2D eigenvalue weighted by Gasteiger charge is 2.36. The Morgan fingerprint density at radius 3 is 2.29 bits per heavy atom. The summed E-state index contributed by atoms with van der Waals surface area (Å²) in [5.74, 6) is -2.78. The second-order valence-corrected chi connectivity index (χ2v) is 5.27. The van der Waals surface area contributed by atoms with Crippen LogP contribution in [0.2, 0.25) is 0 Å². The molecule has 0 heterocycles. The minimum atomic E-state index is -1.45. The van der Waals surface area contributed by atoms with E-state index >= 15 is 0 Å². The number of halogens is 3. The zero-order chi connectivity index (χ0) is 16.2. The van der Waals surface area contributed by atoms with E-state index in [9.17, 15) is 23.5 Å². The van der Waals surface area contributed by atoms with Gasteiger partial charge in [-0.25, -0.2) is 18.4 Å². The molecule has 0 atom stereocenters. The molecule has 21 heavy (non-hydrogen) atoms. The summed E-state index contributed by atoms with van der Waals surface area (Å²) in [6.45, 7) is 3.22. The maximum Gasteiger partial charge on any atom is 0.329 e. The summed E-state index contributed by atoms with van der Waals surface area (Å²) < 4.78 is 26.8. The molecule has 0 aliphatic carbocycles. The molecular weight excluding hydrogens is 350 g/mol. The highest BCUT2D eigenvalue weighted by Crippen LogP contribution is 2.23. The number of nitrogens with one attached hydrogen (secondary N) is 2. The van der Waals surface area contributed by atoms with Crippen LogP contribution in [0, 0.1) is 11.6 Å². The van der Waals surface area contributed by atoms with Gasteiger partial charge in [-0.05, 0) is 34.8 Å². The van der Waals surface area contributed by atoms with Gasteiger partial charge in [0.1, 0.15) is 17.2 Å². The minimum Gasteiger partial charge on any atom is -0.480 e. The molecule has 0 aromatic heterocycles. The van der Waals surface area contributed by atoms with Gasteiger partial charge in [-0.3, -0.25) is 0 Å². The van der Waals surface area contributed by atoms with Crippen molar-refractivity contribution < 1.29 is 23.5 Å². The zero-order valence-corrected chi connectivity index (χ0v) is 13.1. The molecule has 1 aromatic rings. The first kappa shape index (κ1) is 17.4. The SMILES string of the molecule is CCC(CC)(NC(=O)Nc1cc(F)c(Br)cc1F)C(=O)O. The van der Waals surface area contributed by atoms with Gasteiger partial charge in [0.15, 0.2) is 0 Å². The minimum absolute atomic E-state index is 0.0760. The fraction of sp³-hybridized carbons (Fsp3) is 0.385. The molecular formula is C13H15BrF2N2O3. The predicted octanol–water partition coefficient (Wildman–Crippen LogP) is 3.49. The Morgan fingerprint density at radius 2 is 1.81 bits per heavy atom. The Bertz CT molecular complexity index is 563. The van der Waals surface area contributed by atoms with Crippen LogP contribution in [0.5, 0.6) is 0 Å². The van der Waals surface area contributed by atoms with Crippen molar-refractivity contribution in [1.82, 2.24) is 5.32 Å². The molecule has 1 aromatic carbocycles. The molecule has 3 N–H and O–H groups in total. The summed E-state index contributed by atoms with van der Waals surface area (Å²) in [6, 6.07) is 0.760. The molecule has 0 unspecified atom stereocenters. The molecule has 0 fully saturated rings. The van der Waals surface area contributed by atoms with E-state index in [4.69, 9.17) is 0 Å². The number of urea groups is 1. The number of carbonyl (C=O) groups is 2. The number of rotatable bonds is 5. The van der Waals surface area contributed by atoms with Crippen LogP contribution in [0.4, 0.5) is 19.3 Å². The van der Waals surface area contributed by atoms with Gasteiger partial charge in [0.05, 0.1) is 10.2 Å². The first-order chi connectivity index (χ1) is 9.75. The van der Waals surface area contributed by atoms with Crippen LogP contribution in [0.25, 0.3) is 0 Å². The second-order valence-electron chi connectivity index (χ2n) is 4.42. The largest absolute Gasteiger partial charge is 0.480 e. The lowest BCUT2D eigenvalue weighted by atomic mass is 9.93. The molecule has 8 heteroatoms. The summed E-state index contributed by atoms with van der Waals surface area (Å²) in [7, 11) is 0. The van der Waals surface area contributed by atoms with Gasteiger partial charge < -0.3 is 15.7 Å². The van der Waals surface area contributed by atoms with E-state index in [1.165, 1.54) is 0 Å². The van der Waals surface area contributed by atoms with Crippen molar-refractivity contribution in [2.75, 3.05) is 5.32 Å². The van der Waals surface area contributed by atoms with Gasteiger partial charge in [-0.1, -0.05) is 13.8 Å². The van der Waals surface area contributed by atoms with Crippen LogP contribution >= 0.6 is 15.9 Å². The molecule has 0 aliphatic heterocycles. The number of amides is 2. The van der Waals surface area contributed by atoms with Crippen LogP contribution in [-0.2, 0) is 4.79 Å². The Morgan fingerprint density at radius 1 is 1.24 bits per heavy atom. The fourth-order valence-corrected chi connectivity index (χ4v) is 2.09. The maximum absolute atomic E-state index is 13.6. The predicted molar refractivity (Wildman–Crippen MR) is 77.2 cm³/mol. The standard InChI is InChI=1S/C13H15BrF2N2O3/c1-3-13(4-2,11(19)20)18-12(21)17-10-6-8(15)7(14)5-9(10)16/h5-6H,3-4H2,1-2H3,(H,19,20)(H2,17,18,21).